The third-order valence-electron chi connectivity index (χ3n) is 2.31. The van der Waals surface area contributed by atoms with Gasteiger partial charge in [-0.15, -0.1) is 0 Å². The number of hydrogen-bond donors (Lipinski definition) is 1. The van der Waals surface area contributed by atoms with Crippen molar-refractivity contribution in [2.75, 3.05) is 0 Å². The van der Waals surface area contributed by atoms with Crippen LogP contribution < -0.4 is 0 Å². The molecule has 4 heteroatoms. The lowest BCUT2D eigenvalue weighted by Gasteiger charge is -2.05. The maximum Gasteiger partial charge on any atom is 0.193 e. The first-order chi connectivity index (χ1) is 8.09. The number of benzene rings is 2. The molecule has 2 aromatic carbocycles. The zero-order chi connectivity index (χ0) is 12.4. The van der Waals surface area contributed by atoms with Crippen molar-refractivity contribution in [3.05, 3.63) is 62.2 Å². The van der Waals surface area contributed by atoms with Gasteiger partial charge in [0.2, 0.25) is 0 Å². The number of aromatic hydroxyl groups is 1. The summed E-state index contributed by atoms with van der Waals surface area (Å²) in [5, 5.41) is 9.86. The molecule has 0 aliphatic rings. The number of phenolic OH excluding ortho intramolecular Hbond substituents is 1. The van der Waals surface area contributed by atoms with Crippen LogP contribution in [0.2, 0.25) is 5.02 Å². The summed E-state index contributed by atoms with van der Waals surface area (Å²) < 4.78 is 0.656. The summed E-state index contributed by atoms with van der Waals surface area (Å²) in [6.07, 6.45) is 0. The van der Waals surface area contributed by atoms with Crippen LogP contribution in [-0.2, 0) is 0 Å². The first-order valence-corrected chi connectivity index (χ1v) is 6.33. The summed E-state index contributed by atoms with van der Waals surface area (Å²) in [5.74, 6) is -0.201. The van der Waals surface area contributed by atoms with Crippen LogP contribution in [0, 0.1) is 3.57 Å². The summed E-state index contributed by atoms with van der Waals surface area (Å²) in [6.45, 7) is 0. The molecule has 0 aromatic heterocycles. The van der Waals surface area contributed by atoms with Crippen molar-refractivity contribution in [2.24, 2.45) is 0 Å². The fraction of sp³-hybridized carbons (Fsp3) is 0. The van der Waals surface area contributed by atoms with Gasteiger partial charge in [-0.3, -0.25) is 4.79 Å². The van der Waals surface area contributed by atoms with Crippen LogP contribution in [0.25, 0.3) is 0 Å². The van der Waals surface area contributed by atoms with Crippen molar-refractivity contribution in [1.29, 1.82) is 0 Å². The van der Waals surface area contributed by atoms with E-state index in [1.807, 2.05) is 28.7 Å². The molecule has 2 nitrogen and oxygen atoms in total. The topological polar surface area (TPSA) is 37.3 Å². The fourth-order valence-corrected chi connectivity index (χ4v) is 2.18. The molecule has 0 unspecified atom stereocenters. The van der Waals surface area contributed by atoms with Gasteiger partial charge in [0.1, 0.15) is 5.75 Å². The van der Waals surface area contributed by atoms with Crippen LogP contribution in [0.1, 0.15) is 15.9 Å². The Kier molecular flexibility index (Phi) is 3.69. The van der Waals surface area contributed by atoms with Crippen LogP contribution >= 0.6 is 34.2 Å². The Morgan fingerprint density at radius 3 is 2.35 bits per heavy atom. The van der Waals surface area contributed by atoms with Crippen molar-refractivity contribution in [3.63, 3.8) is 0 Å². The minimum Gasteiger partial charge on any atom is -0.506 e. The van der Waals surface area contributed by atoms with Crippen LogP contribution in [0.15, 0.2) is 42.5 Å². The number of halogens is 2. The van der Waals surface area contributed by atoms with Crippen molar-refractivity contribution < 1.29 is 9.90 Å². The van der Waals surface area contributed by atoms with E-state index in [2.05, 4.69) is 0 Å². The van der Waals surface area contributed by atoms with Crippen LogP contribution in [0.3, 0.4) is 0 Å². The van der Waals surface area contributed by atoms with Crippen LogP contribution in [-0.4, -0.2) is 10.9 Å². The van der Waals surface area contributed by atoms with Gasteiger partial charge in [0, 0.05) is 14.7 Å². The van der Waals surface area contributed by atoms with Gasteiger partial charge in [-0.25, -0.2) is 0 Å². The third kappa shape index (κ3) is 2.61. The standard InChI is InChI=1S/C13H8ClIO2/c14-12-10(15)6-9(7-11(12)16)13(17)8-4-2-1-3-5-8/h1-7,16H. The van der Waals surface area contributed by atoms with Crippen molar-refractivity contribution in [2.45, 2.75) is 0 Å². The van der Waals surface area contributed by atoms with Gasteiger partial charge in [-0.2, -0.15) is 0 Å². The Morgan fingerprint density at radius 1 is 1.12 bits per heavy atom. The first kappa shape index (κ1) is 12.4. The minimum atomic E-state index is -0.129. The first-order valence-electron chi connectivity index (χ1n) is 4.87. The van der Waals surface area contributed by atoms with E-state index in [0.29, 0.717) is 14.7 Å². The van der Waals surface area contributed by atoms with E-state index in [4.69, 9.17) is 11.6 Å². The minimum absolute atomic E-state index is 0.0714. The second kappa shape index (κ2) is 5.06. The fourth-order valence-electron chi connectivity index (χ4n) is 1.46. The number of rotatable bonds is 2. The molecule has 2 aromatic rings. The molecule has 0 bridgehead atoms. The van der Waals surface area contributed by atoms with E-state index in [1.54, 1.807) is 30.3 Å². The highest BCUT2D eigenvalue weighted by Gasteiger charge is 2.13. The molecular weight excluding hydrogens is 350 g/mol. The normalized spacial score (nSPS) is 10.2. The monoisotopic (exact) mass is 358 g/mol. The largest absolute Gasteiger partial charge is 0.506 e. The molecular formula is C13H8ClIO2. The third-order valence-corrected chi connectivity index (χ3v) is 3.87. The molecule has 0 aliphatic carbocycles. The van der Waals surface area contributed by atoms with Gasteiger partial charge in [0.05, 0.1) is 5.02 Å². The van der Waals surface area contributed by atoms with E-state index in [9.17, 15) is 9.90 Å². The Morgan fingerprint density at radius 2 is 1.76 bits per heavy atom. The summed E-state index contributed by atoms with van der Waals surface area (Å²) >= 11 is 7.82. The zero-order valence-electron chi connectivity index (χ0n) is 8.65. The van der Waals surface area contributed by atoms with Gasteiger partial charge < -0.3 is 5.11 Å². The molecule has 0 radical (unpaired) electrons. The Balaban J connectivity index is 2.45. The smallest absolute Gasteiger partial charge is 0.193 e. The number of phenols is 1. The molecule has 86 valence electrons. The Hall–Kier alpha value is -1.07. The molecule has 2 rings (SSSR count). The van der Waals surface area contributed by atoms with E-state index in [0.717, 1.165) is 0 Å². The van der Waals surface area contributed by atoms with Gasteiger partial charge in [-0.05, 0) is 34.7 Å². The number of hydrogen-bond acceptors (Lipinski definition) is 2. The van der Waals surface area contributed by atoms with Gasteiger partial charge in [0.15, 0.2) is 5.78 Å². The lowest BCUT2D eigenvalue weighted by Crippen LogP contribution is -2.01. The van der Waals surface area contributed by atoms with Gasteiger partial charge in [0.25, 0.3) is 0 Å². The maximum atomic E-state index is 12.1. The molecule has 0 aliphatic heterocycles. The molecule has 1 N–H and O–H groups in total. The molecule has 0 saturated carbocycles. The molecule has 0 fully saturated rings. The average molecular weight is 359 g/mol. The second-order valence-corrected chi connectivity index (χ2v) is 5.03. The molecule has 0 spiro atoms. The van der Waals surface area contributed by atoms with E-state index in [1.165, 1.54) is 6.07 Å². The number of carbonyl (C=O) groups is 1. The summed E-state index contributed by atoms with van der Waals surface area (Å²) in [4.78, 5) is 12.1. The number of carbonyl (C=O) groups excluding carboxylic acids is 1. The molecule has 0 amide bonds. The lowest BCUT2D eigenvalue weighted by molar-refractivity contribution is 0.103. The molecule has 0 heterocycles. The molecule has 0 saturated heterocycles. The second-order valence-electron chi connectivity index (χ2n) is 3.49. The predicted octanol–water partition coefficient (Wildman–Crippen LogP) is 3.88. The highest BCUT2D eigenvalue weighted by Crippen LogP contribution is 2.30. The SMILES string of the molecule is O=C(c1ccccc1)c1cc(O)c(Cl)c(I)c1. The highest BCUT2D eigenvalue weighted by molar-refractivity contribution is 14.1. The summed E-state index contributed by atoms with van der Waals surface area (Å²) in [7, 11) is 0. The van der Waals surface area contributed by atoms with Crippen LogP contribution in [0.4, 0.5) is 0 Å². The van der Waals surface area contributed by atoms with Crippen molar-refractivity contribution in [1.82, 2.24) is 0 Å². The highest BCUT2D eigenvalue weighted by atomic mass is 127. The average Bonchev–Trinajstić information content (AvgIpc) is 2.35. The molecule has 0 atom stereocenters. The van der Waals surface area contributed by atoms with E-state index < -0.39 is 0 Å². The van der Waals surface area contributed by atoms with Crippen molar-refractivity contribution >= 4 is 40.0 Å². The quantitative estimate of drug-likeness (QED) is 0.653. The number of ketones is 1. The Labute approximate surface area is 117 Å². The van der Waals surface area contributed by atoms with Gasteiger partial charge >= 0.3 is 0 Å². The van der Waals surface area contributed by atoms with E-state index >= 15 is 0 Å². The van der Waals surface area contributed by atoms with Gasteiger partial charge in [-0.1, -0.05) is 41.9 Å². The maximum absolute atomic E-state index is 12.1. The van der Waals surface area contributed by atoms with E-state index in [-0.39, 0.29) is 16.6 Å². The lowest BCUT2D eigenvalue weighted by atomic mass is 10.0. The van der Waals surface area contributed by atoms with Crippen LogP contribution in [0.5, 0.6) is 5.75 Å². The summed E-state index contributed by atoms with van der Waals surface area (Å²) in [6, 6.07) is 12.0. The predicted molar refractivity (Wildman–Crippen MR) is 75.7 cm³/mol. The molecule has 17 heavy (non-hydrogen) atoms. The summed E-state index contributed by atoms with van der Waals surface area (Å²) in [5.41, 5.74) is 1.02. The Bertz CT molecular complexity index is 544. The van der Waals surface area contributed by atoms with Crippen molar-refractivity contribution in [3.8, 4) is 5.75 Å². The zero-order valence-corrected chi connectivity index (χ0v) is 11.6.